The van der Waals surface area contributed by atoms with E-state index >= 15 is 0 Å². The van der Waals surface area contributed by atoms with E-state index in [0.717, 1.165) is 34.1 Å². The van der Waals surface area contributed by atoms with Gasteiger partial charge < -0.3 is 9.84 Å². The molecule has 1 aromatic carbocycles. The Bertz CT molecular complexity index is 637. The van der Waals surface area contributed by atoms with E-state index in [1.165, 1.54) is 6.20 Å². The Kier molecular flexibility index (Phi) is 4.44. The molecule has 0 bridgehead atoms. The molecule has 0 fully saturated rings. The number of imidazole rings is 1. The van der Waals surface area contributed by atoms with E-state index in [2.05, 4.69) is 34.8 Å². The average Bonchev–Trinajstić information content (AvgIpc) is 2.85. The molecule has 0 spiro atoms. The summed E-state index contributed by atoms with van der Waals surface area (Å²) in [4.78, 5) is 14.7. The minimum Gasteiger partial charge on any atom is -0.449 e. The van der Waals surface area contributed by atoms with E-state index in [0.29, 0.717) is 0 Å². The summed E-state index contributed by atoms with van der Waals surface area (Å²) < 4.78 is 7.45. The molecule has 0 saturated carbocycles. The molecule has 0 atom stereocenters. The van der Waals surface area contributed by atoms with E-state index in [-0.39, 0.29) is 5.88 Å². The average molecular weight is 339 g/mol. The molecule has 1 heterocycles. The molecular formula is C14H15BrN2O3. The van der Waals surface area contributed by atoms with Gasteiger partial charge in [-0.05, 0) is 30.0 Å². The third kappa shape index (κ3) is 2.70. The van der Waals surface area contributed by atoms with E-state index in [4.69, 9.17) is 9.84 Å². The van der Waals surface area contributed by atoms with Crippen LogP contribution in [0.1, 0.15) is 25.0 Å². The van der Waals surface area contributed by atoms with Crippen LogP contribution in [-0.4, -0.2) is 20.8 Å². The van der Waals surface area contributed by atoms with Crippen molar-refractivity contribution in [2.75, 3.05) is 0 Å². The first-order chi connectivity index (χ1) is 9.58. The second-order valence-corrected chi connectivity index (χ2v) is 5.06. The molecular weight excluding hydrogens is 324 g/mol. The summed E-state index contributed by atoms with van der Waals surface area (Å²) in [6.07, 6.45) is 3.26. The lowest BCUT2D eigenvalue weighted by Gasteiger charge is -2.17. The molecule has 2 aromatic rings. The topological polar surface area (TPSA) is 64.4 Å². The van der Waals surface area contributed by atoms with Crippen LogP contribution in [0.25, 0.3) is 5.69 Å². The SMILES string of the molecule is CCc1ccc(Br)c(CC)c1-n1cncc1OC(=O)O. The number of halogens is 1. The first kappa shape index (κ1) is 14.6. The number of aromatic nitrogens is 2. The number of ether oxygens (including phenoxy) is 1. The van der Waals surface area contributed by atoms with Crippen molar-refractivity contribution >= 4 is 22.1 Å². The van der Waals surface area contributed by atoms with Crippen molar-refractivity contribution in [3.8, 4) is 11.6 Å². The van der Waals surface area contributed by atoms with Gasteiger partial charge in [0.1, 0.15) is 6.33 Å². The monoisotopic (exact) mass is 338 g/mol. The molecule has 6 heteroatoms. The number of aryl methyl sites for hydroxylation is 1. The fourth-order valence-electron chi connectivity index (χ4n) is 2.20. The van der Waals surface area contributed by atoms with Crippen LogP contribution in [0.15, 0.2) is 29.1 Å². The minimum absolute atomic E-state index is 0.194. The smallest absolute Gasteiger partial charge is 0.449 e. The summed E-state index contributed by atoms with van der Waals surface area (Å²) in [5.74, 6) is 0.194. The summed E-state index contributed by atoms with van der Waals surface area (Å²) in [6, 6.07) is 4.03. The molecule has 0 aliphatic rings. The lowest BCUT2D eigenvalue weighted by atomic mass is 10.0. The highest BCUT2D eigenvalue weighted by atomic mass is 79.9. The van der Waals surface area contributed by atoms with Crippen LogP contribution in [-0.2, 0) is 12.8 Å². The van der Waals surface area contributed by atoms with Gasteiger partial charge >= 0.3 is 6.16 Å². The number of nitrogens with zero attached hydrogens (tertiary/aromatic N) is 2. The number of carbonyl (C=O) groups is 1. The van der Waals surface area contributed by atoms with Crippen LogP contribution < -0.4 is 4.74 Å². The van der Waals surface area contributed by atoms with Crippen molar-refractivity contribution in [2.45, 2.75) is 26.7 Å². The van der Waals surface area contributed by atoms with Gasteiger partial charge in [0, 0.05) is 4.47 Å². The highest BCUT2D eigenvalue weighted by Gasteiger charge is 2.16. The normalized spacial score (nSPS) is 10.6. The van der Waals surface area contributed by atoms with Crippen LogP contribution in [0.5, 0.6) is 5.88 Å². The second-order valence-electron chi connectivity index (χ2n) is 4.21. The molecule has 1 aromatic heterocycles. The van der Waals surface area contributed by atoms with Crippen molar-refractivity contribution in [1.29, 1.82) is 0 Å². The summed E-state index contributed by atoms with van der Waals surface area (Å²) in [6.45, 7) is 4.11. The predicted molar refractivity (Wildman–Crippen MR) is 78.7 cm³/mol. The standard InChI is InChI=1S/C14H15BrN2O3/c1-3-9-5-6-11(15)10(4-2)13(9)17-8-16-7-12(17)20-14(18)19/h5-8H,3-4H2,1-2H3,(H,18,19). The molecule has 20 heavy (non-hydrogen) atoms. The van der Waals surface area contributed by atoms with E-state index in [1.54, 1.807) is 10.9 Å². The fraction of sp³-hybridized carbons (Fsp3) is 0.286. The van der Waals surface area contributed by atoms with Crippen LogP contribution in [0, 0.1) is 0 Å². The first-order valence-corrected chi connectivity index (χ1v) is 7.11. The molecule has 0 saturated heterocycles. The van der Waals surface area contributed by atoms with Crippen LogP contribution in [0.3, 0.4) is 0 Å². The zero-order valence-corrected chi connectivity index (χ0v) is 12.8. The number of rotatable bonds is 4. The number of hydrogen-bond donors (Lipinski definition) is 1. The molecule has 106 valence electrons. The number of carboxylic acid groups (broad SMARTS) is 1. The van der Waals surface area contributed by atoms with E-state index in [9.17, 15) is 4.79 Å². The van der Waals surface area contributed by atoms with E-state index in [1.807, 2.05) is 12.1 Å². The zero-order chi connectivity index (χ0) is 14.7. The number of benzene rings is 1. The highest BCUT2D eigenvalue weighted by Crippen LogP contribution is 2.31. The van der Waals surface area contributed by atoms with Gasteiger partial charge in [-0.25, -0.2) is 9.78 Å². The van der Waals surface area contributed by atoms with Gasteiger partial charge in [0.15, 0.2) is 0 Å². The molecule has 0 radical (unpaired) electrons. The quantitative estimate of drug-likeness (QED) is 0.860. The van der Waals surface area contributed by atoms with Crippen molar-refractivity contribution in [3.05, 3.63) is 40.3 Å². The molecule has 2 rings (SSSR count). The summed E-state index contributed by atoms with van der Waals surface area (Å²) in [7, 11) is 0. The molecule has 1 N–H and O–H groups in total. The Balaban J connectivity index is 2.65. The lowest BCUT2D eigenvalue weighted by Crippen LogP contribution is -2.10. The summed E-state index contributed by atoms with van der Waals surface area (Å²) >= 11 is 3.54. The second kappa shape index (κ2) is 6.09. The van der Waals surface area contributed by atoms with Gasteiger partial charge in [0.05, 0.1) is 11.9 Å². The maximum absolute atomic E-state index is 10.8. The first-order valence-electron chi connectivity index (χ1n) is 6.32. The molecule has 0 unspecified atom stereocenters. The van der Waals surface area contributed by atoms with Crippen LogP contribution in [0.4, 0.5) is 4.79 Å². The Morgan fingerprint density at radius 1 is 1.40 bits per heavy atom. The van der Waals surface area contributed by atoms with Crippen molar-refractivity contribution in [3.63, 3.8) is 0 Å². The van der Waals surface area contributed by atoms with Gasteiger partial charge in [0.2, 0.25) is 5.88 Å². The minimum atomic E-state index is -1.35. The van der Waals surface area contributed by atoms with E-state index < -0.39 is 6.16 Å². The highest BCUT2D eigenvalue weighted by molar-refractivity contribution is 9.10. The predicted octanol–water partition coefficient (Wildman–Crippen LogP) is 3.82. The molecule has 0 aliphatic heterocycles. The third-order valence-electron chi connectivity index (χ3n) is 3.08. The van der Waals surface area contributed by atoms with Gasteiger partial charge in [-0.15, -0.1) is 0 Å². The van der Waals surface area contributed by atoms with Crippen molar-refractivity contribution in [1.82, 2.24) is 9.55 Å². The van der Waals surface area contributed by atoms with Gasteiger partial charge in [0.25, 0.3) is 0 Å². The molecule has 0 amide bonds. The van der Waals surface area contributed by atoms with Crippen molar-refractivity contribution in [2.24, 2.45) is 0 Å². The van der Waals surface area contributed by atoms with Crippen molar-refractivity contribution < 1.29 is 14.6 Å². The summed E-state index contributed by atoms with van der Waals surface area (Å²) in [5.41, 5.74) is 3.13. The van der Waals surface area contributed by atoms with Gasteiger partial charge in [-0.1, -0.05) is 35.8 Å². The number of hydrogen-bond acceptors (Lipinski definition) is 3. The molecule has 0 aliphatic carbocycles. The lowest BCUT2D eigenvalue weighted by molar-refractivity contribution is 0.141. The zero-order valence-electron chi connectivity index (χ0n) is 11.3. The maximum Gasteiger partial charge on any atom is 0.512 e. The maximum atomic E-state index is 10.8. The Morgan fingerprint density at radius 3 is 2.75 bits per heavy atom. The Hall–Kier alpha value is -1.82. The third-order valence-corrected chi connectivity index (χ3v) is 3.82. The van der Waals surface area contributed by atoms with Gasteiger partial charge in [-0.2, -0.15) is 0 Å². The largest absolute Gasteiger partial charge is 0.512 e. The van der Waals surface area contributed by atoms with Crippen LogP contribution >= 0.6 is 15.9 Å². The molecule has 5 nitrogen and oxygen atoms in total. The van der Waals surface area contributed by atoms with Crippen LogP contribution in [0.2, 0.25) is 0 Å². The Labute approximate surface area is 125 Å². The summed E-state index contributed by atoms with van der Waals surface area (Å²) in [5, 5.41) is 8.79. The fourth-order valence-corrected chi connectivity index (χ4v) is 2.80. The van der Waals surface area contributed by atoms with Gasteiger partial charge in [-0.3, -0.25) is 4.57 Å². The Morgan fingerprint density at radius 2 is 2.15 bits per heavy atom.